The number of aromatic nitrogens is 1. The highest BCUT2D eigenvalue weighted by atomic mass is 32.2. The van der Waals surface area contributed by atoms with Gasteiger partial charge in [0.2, 0.25) is 15.9 Å². The van der Waals surface area contributed by atoms with Crippen LogP contribution < -0.4 is 5.73 Å². The Morgan fingerprint density at radius 2 is 2.28 bits per heavy atom. The van der Waals surface area contributed by atoms with Crippen LogP contribution in [0.2, 0.25) is 0 Å². The minimum absolute atomic E-state index is 0.148. The van der Waals surface area contributed by atoms with E-state index in [0.717, 1.165) is 0 Å². The first-order chi connectivity index (χ1) is 8.51. The van der Waals surface area contributed by atoms with Crippen LogP contribution in [0.25, 0.3) is 0 Å². The van der Waals surface area contributed by atoms with E-state index in [2.05, 4.69) is 4.98 Å². The molecule has 18 heavy (non-hydrogen) atoms. The molecule has 1 aromatic rings. The molecule has 7 heteroatoms. The zero-order valence-electron chi connectivity index (χ0n) is 9.82. The van der Waals surface area contributed by atoms with E-state index in [1.54, 1.807) is 6.07 Å². The van der Waals surface area contributed by atoms with Crippen LogP contribution in [0.4, 0.5) is 0 Å². The molecule has 1 unspecified atom stereocenters. The maximum atomic E-state index is 12.3. The van der Waals surface area contributed by atoms with Crippen molar-refractivity contribution in [1.82, 2.24) is 9.29 Å². The first kappa shape index (κ1) is 13.0. The predicted molar refractivity (Wildman–Crippen MR) is 64.9 cm³/mol. The van der Waals surface area contributed by atoms with Gasteiger partial charge < -0.3 is 5.73 Å². The molecule has 1 aliphatic rings. The molecule has 0 aliphatic carbocycles. The lowest BCUT2D eigenvalue weighted by Gasteiger charge is -2.30. The van der Waals surface area contributed by atoms with E-state index >= 15 is 0 Å². The van der Waals surface area contributed by atoms with Crippen molar-refractivity contribution < 1.29 is 13.2 Å². The van der Waals surface area contributed by atoms with Crippen LogP contribution in [-0.4, -0.2) is 36.7 Å². The van der Waals surface area contributed by atoms with Crippen molar-refractivity contribution in [3.05, 3.63) is 24.5 Å². The molecule has 1 fully saturated rings. The monoisotopic (exact) mass is 269 g/mol. The SMILES string of the molecule is NC(=O)C1CCCN(S(=O)(=O)c2cccnc2)C1. The topological polar surface area (TPSA) is 93.4 Å². The molecule has 0 bridgehead atoms. The number of carbonyl (C=O) groups is 1. The van der Waals surface area contributed by atoms with E-state index in [1.807, 2.05) is 0 Å². The summed E-state index contributed by atoms with van der Waals surface area (Å²) in [5.74, 6) is -0.841. The fourth-order valence-electron chi connectivity index (χ4n) is 2.04. The smallest absolute Gasteiger partial charge is 0.244 e. The van der Waals surface area contributed by atoms with Gasteiger partial charge in [-0.2, -0.15) is 4.31 Å². The number of piperidine rings is 1. The molecule has 1 saturated heterocycles. The van der Waals surface area contributed by atoms with E-state index in [-0.39, 0.29) is 11.4 Å². The summed E-state index contributed by atoms with van der Waals surface area (Å²) in [6, 6.07) is 3.07. The summed E-state index contributed by atoms with van der Waals surface area (Å²) in [4.78, 5) is 15.1. The Balaban J connectivity index is 2.23. The van der Waals surface area contributed by atoms with Crippen LogP contribution >= 0.6 is 0 Å². The third-order valence-electron chi connectivity index (χ3n) is 3.06. The Bertz CT molecular complexity index is 530. The second kappa shape index (κ2) is 5.03. The molecule has 2 heterocycles. The molecular formula is C11H15N3O3S. The number of rotatable bonds is 3. The lowest BCUT2D eigenvalue weighted by molar-refractivity contribution is -0.122. The lowest BCUT2D eigenvalue weighted by Crippen LogP contribution is -2.44. The molecule has 0 spiro atoms. The van der Waals surface area contributed by atoms with Crippen LogP contribution in [0.15, 0.2) is 29.4 Å². The molecule has 6 nitrogen and oxygen atoms in total. The zero-order chi connectivity index (χ0) is 13.2. The van der Waals surface area contributed by atoms with Crippen molar-refractivity contribution in [3.63, 3.8) is 0 Å². The lowest BCUT2D eigenvalue weighted by atomic mass is 9.99. The number of nitrogens with zero attached hydrogens (tertiary/aromatic N) is 2. The summed E-state index contributed by atoms with van der Waals surface area (Å²) in [5, 5.41) is 0. The molecular weight excluding hydrogens is 254 g/mol. The van der Waals surface area contributed by atoms with Crippen LogP contribution in [0.3, 0.4) is 0 Å². The molecule has 1 aliphatic heterocycles. The number of amides is 1. The van der Waals surface area contributed by atoms with Gasteiger partial charge in [0.1, 0.15) is 4.90 Å². The molecule has 2 rings (SSSR count). The second-order valence-corrected chi connectivity index (χ2v) is 6.23. The fourth-order valence-corrected chi connectivity index (χ4v) is 3.53. The Hall–Kier alpha value is -1.47. The van der Waals surface area contributed by atoms with Crippen LogP contribution in [-0.2, 0) is 14.8 Å². The molecule has 0 aromatic carbocycles. The number of sulfonamides is 1. The van der Waals surface area contributed by atoms with Crippen LogP contribution in [0.1, 0.15) is 12.8 Å². The van der Waals surface area contributed by atoms with Gasteiger partial charge >= 0.3 is 0 Å². The summed E-state index contributed by atoms with van der Waals surface area (Å²) in [6.45, 7) is 0.577. The quantitative estimate of drug-likeness (QED) is 0.833. The highest BCUT2D eigenvalue weighted by Crippen LogP contribution is 2.22. The van der Waals surface area contributed by atoms with Crippen molar-refractivity contribution in [3.8, 4) is 0 Å². The minimum atomic E-state index is -3.57. The van der Waals surface area contributed by atoms with Gasteiger partial charge in [-0.3, -0.25) is 9.78 Å². The first-order valence-electron chi connectivity index (χ1n) is 5.71. The summed E-state index contributed by atoms with van der Waals surface area (Å²) in [6.07, 6.45) is 4.12. The van der Waals surface area contributed by atoms with Crippen molar-refractivity contribution in [2.75, 3.05) is 13.1 Å². The van der Waals surface area contributed by atoms with Crippen molar-refractivity contribution >= 4 is 15.9 Å². The molecule has 1 aromatic heterocycles. The molecule has 1 amide bonds. The van der Waals surface area contributed by atoms with E-state index in [0.29, 0.717) is 19.4 Å². The third kappa shape index (κ3) is 2.51. The van der Waals surface area contributed by atoms with E-state index in [1.165, 1.54) is 22.8 Å². The Labute approximate surface area is 106 Å². The average Bonchev–Trinajstić information content (AvgIpc) is 2.40. The zero-order valence-corrected chi connectivity index (χ0v) is 10.6. The minimum Gasteiger partial charge on any atom is -0.369 e. The van der Waals surface area contributed by atoms with Gasteiger partial charge in [0.25, 0.3) is 0 Å². The van der Waals surface area contributed by atoms with E-state index in [4.69, 9.17) is 5.73 Å². The highest BCUT2D eigenvalue weighted by Gasteiger charge is 2.32. The van der Waals surface area contributed by atoms with Gasteiger partial charge in [0.05, 0.1) is 5.92 Å². The molecule has 98 valence electrons. The predicted octanol–water partition coefficient (Wildman–Crippen LogP) is -0.0324. The normalized spacial score (nSPS) is 21.7. The van der Waals surface area contributed by atoms with Gasteiger partial charge in [-0.25, -0.2) is 8.42 Å². The number of carbonyl (C=O) groups excluding carboxylic acids is 1. The van der Waals surface area contributed by atoms with Gasteiger partial charge in [0, 0.05) is 25.5 Å². The second-order valence-electron chi connectivity index (χ2n) is 4.29. The Kier molecular flexibility index (Phi) is 3.63. The first-order valence-corrected chi connectivity index (χ1v) is 7.15. The number of primary amides is 1. The number of pyridine rings is 1. The Morgan fingerprint density at radius 1 is 1.50 bits per heavy atom. The summed E-state index contributed by atoms with van der Waals surface area (Å²) in [5.41, 5.74) is 5.24. The van der Waals surface area contributed by atoms with Gasteiger partial charge in [-0.05, 0) is 25.0 Å². The van der Waals surface area contributed by atoms with Crippen molar-refractivity contribution in [2.24, 2.45) is 11.7 Å². The number of nitrogens with two attached hydrogens (primary N) is 1. The largest absolute Gasteiger partial charge is 0.369 e. The maximum absolute atomic E-state index is 12.3. The van der Waals surface area contributed by atoms with Crippen molar-refractivity contribution in [2.45, 2.75) is 17.7 Å². The van der Waals surface area contributed by atoms with Crippen molar-refractivity contribution in [1.29, 1.82) is 0 Å². The molecule has 0 radical (unpaired) electrons. The molecule has 1 atom stereocenters. The number of hydrogen-bond donors (Lipinski definition) is 1. The summed E-state index contributed by atoms with van der Waals surface area (Å²) >= 11 is 0. The summed E-state index contributed by atoms with van der Waals surface area (Å²) < 4.78 is 25.9. The van der Waals surface area contributed by atoms with Gasteiger partial charge in [-0.1, -0.05) is 0 Å². The third-order valence-corrected chi connectivity index (χ3v) is 4.91. The average molecular weight is 269 g/mol. The van der Waals surface area contributed by atoms with Gasteiger partial charge in [0.15, 0.2) is 0 Å². The maximum Gasteiger partial charge on any atom is 0.244 e. The molecule has 0 saturated carbocycles. The summed E-state index contributed by atoms with van der Waals surface area (Å²) in [7, 11) is -3.57. The standard InChI is InChI=1S/C11H15N3O3S/c12-11(15)9-3-2-6-14(8-9)18(16,17)10-4-1-5-13-7-10/h1,4-5,7,9H,2-3,6,8H2,(H2,12,15). The van der Waals surface area contributed by atoms with E-state index in [9.17, 15) is 13.2 Å². The molecule has 2 N–H and O–H groups in total. The van der Waals surface area contributed by atoms with Crippen LogP contribution in [0, 0.1) is 5.92 Å². The fraction of sp³-hybridized carbons (Fsp3) is 0.455. The van der Waals surface area contributed by atoms with Crippen LogP contribution in [0.5, 0.6) is 0 Å². The highest BCUT2D eigenvalue weighted by molar-refractivity contribution is 7.89. The number of hydrogen-bond acceptors (Lipinski definition) is 4. The Morgan fingerprint density at radius 3 is 2.89 bits per heavy atom. The van der Waals surface area contributed by atoms with Gasteiger partial charge in [-0.15, -0.1) is 0 Å². The van der Waals surface area contributed by atoms with E-state index < -0.39 is 21.8 Å².